The van der Waals surface area contributed by atoms with E-state index in [1.807, 2.05) is 19.1 Å². The van der Waals surface area contributed by atoms with Gasteiger partial charge in [-0.05, 0) is 54.1 Å². The van der Waals surface area contributed by atoms with E-state index in [9.17, 15) is 4.79 Å². The molecule has 1 rings (SSSR count). The Hall–Kier alpha value is -0.520. The zero-order chi connectivity index (χ0) is 14.4. The first-order chi connectivity index (χ1) is 8.97. The second kappa shape index (κ2) is 7.92. The lowest BCUT2D eigenvalue weighted by Gasteiger charge is -2.23. The average Bonchev–Trinajstić information content (AvgIpc) is 2.38. The Balaban J connectivity index is 2.66. The van der Waals surface area contributed by atoms with Gasteiger partial charge in [0, 0.05) is 22.0 Å². The quantitative estimate of drug-likeness (QED) is 0.776. The molecule has 1 N–H and O–H groups in total. The number of halogens is 1. The number of hydrogen-bond acceptors (Lipinski definition) is 3. The molecule has 106 valence electrons. The number of carbonyl (C=O) groups is 1. The largest absolute Gasteiger partial charge is 0.348 e. The maximum atomic E-state index is 12.2. The van der Waals surface area contributed by atoms with E-state index in [-0.39, 0.29) is 11.9 Å². The molecule has 0 aliphatic carbocycles. The zero-order valence-corrected chi connectivity index (χ0v) is 14.1. The Morgan fingerprint density at radius 3 is 2.63 bits per heavy atom. The van der Waals surface area contributed by atoms with E-state index >= 15 is 0 Å². The van der Waals surface area contributed by atoms with Crippen molar-refractivity contribution in [2.24, 2.45) is 0 Å². The first-order valence-corrected chi connectivity index (χ1v) is 7.73. The fourth-order valence-corrected chi connectivity index (χ4v) is 2.53. The van der Waals surface area contributed by atoms with Gasteiger partial charge in [-0.15, -0.1) is 12.6 Å². The molecule has 0 radical (unpaired) electrons. The molecular weight excluding hydrogens is 324 g/mol. The van der Waals surface area contributed by atoms with Crippen molar-refractivity contribution in [3.05, 3.63) is 28.2 Å². The third-order valence-corrected chi connectivity index (χ3v) is 3.97. The monoisotopic (exact) mass is 344 g/mol. The Bertz CT molecular complexity index is 435. The smallest absolute Gasteiger partial charge is 0.252 e. The molecule has 0 aliphatic rings. The fraction of sp³-hybridized carbons (Fsp3) is 0.500. The average molecular weight is 345 g/mol. The number of amides is 1. The molecule has 0 aliphatic heterocycles. The van der Waals surface area contributed by atoms with Crippen LogP contribution in [0, 0.1) is 0 Å². The summed E-state index contributed by atoms with van der Waals surface area (Å²) in [6, 6.07) is 5.57. The lowest BCUT2D eigenvalue weighted by Crippen LogP contribution is -2.42. The highest BCUT2D eigenvalue weighted by atomic mass is 79.9. The molecule has 0 aromatic heterocycles. The van der Waals surface area contributed by atoms with Crippen molar-refractivity contribution in [2.75, 3.05) is 19.6 Å². The number of hydrogen-bond donors (Lipinski definition) is 2. The van der Waals surface area contributed by atoms with Crippen LogP contribution in [0.5, 0.6) is 0 Å². The van der Waals surface area contributed by atoms with E-state index in [0.717, 1.165) is 29.0 Å². The number of benzene rings is 1. The third kappa shape index (κ3) is 5.16. The Labute approximate surface area is 129 Å². The minimum Gasteiger partial charge on any atom is -0.348 e. The van der Waals surface area contributed by atoms with Gasteiger partial charge in [-0.25, -0.2) is 0 Å². The summed E-state index contributed by atoms with van der Waals surface area (Å²) in [5.74, 6) is -0.0672. The molecule has 3 nitrogen and oxygen atoms in total. The molecule has 5 heteroatoms. The number of thiol groups is 1. The number of nitrogens with one attached hydrogen (secondary N) is 1. The number of likely N-dealkylation sites (N-methyl/N-ethyl adjacent to an activating group) is 1. The predicted molar refractivity (Wildman–Crippen MR) is 86.1 cm³/mol. The van der Waals surface area contributed by atoms with Crippen molar-refractivity contribution >= 4 is 34.5 Å². The fourth-order valence-electron chi connectivity index (χ4n) is 1.90. The van der Waals surface area contributed by atoms with Gasteiger partial charge >= 0.3 is 0 Å². The summed E-state index contributed by atoms with van der Waals surface area (Å²) in [4.78, 5) is 15.3. The Morgan fingerprint density at radius 1 is 1.42 bits per heavy atom. The van der Waals surface area contributed by atoms with Gasteiger partial charge in [0.15, 0.2) is 0 Å². The molecule has 0 bridgehead atoms. The van der Waals surface area contributed by atoms with E-state index in [4.69, 9.17) is 0 Å². The number of rotatable bonds is 6. The summed E-state index contributed by atoms with van der Waals surface area (Å²) >= 11 is 7.66. The van der Waals surface area contributed by atoms with Gasteiger partial charge in [-0.3, -0.25) is 4.79 Å². The van der Waals surface area contributed by atoms with Crippen LogP contribution in [0.25, 0.3) is 0 Å². The Morgan fingerprint density at radius 2 is 2.05 bits per heavy atom. The summed E-state index contributed by atoms with van der Waals surface area (Å²) in [5, 5.41) is 3.02. The number of carbonyl (C=O) groups excluding carboxylic acids is 1. The maximum Gasteiger partial charge on any atom is 0.252 e. The van der Waals surface area contributed by atoms with Crippen LogP contribution >= 0.6 is 28.6 Å². The minimum atomic E-state index is -0.0672. The van der Waals surface area contributed by atoms with Crippen LogP contribution in [0.3, 0.4) is 0 Å². The molecule has 1 atom stereocenters. The van der Waals surface area contributed by atoms with E-state index in [1.54, 1.807) is 6.07 Å². The van der Waals surface area contributed by atoms with Gasteiger partial charge in [-0.2, -0.15) is 0 Å². The maximum absolute atomic E-state index is 12.2. The van der Waals surface area contributed by atoms with Crippen LogP contribution in [0.4, 0.5) is 0 Å². The van der Waals surface area contributed by atoms with Crippen molar-refractivity contribution in [3.63, 3.8) is 0 Å². The van der Waals surface area contributed by atoms with Gasteiger partial charge in [0.25, 0.3) is 5.91 Å². The van der Waals surface area contributed by atoms with Gasteiger partial charge < -0.3 is 10.2 Å². The first-order valence-electron chi connectivity index (χ1n) is 6.49. The van der Waals surface area contributed by atoms with Crippen LogP contribution < -0.4 is 5.32 Å². The predicted octanol–water partition coefficient (Wildman–Crippen LogP) is 3.20. The summed E-state index contributed by atoms with van der Waals surface area (Å²) in [6.45, 7) is 9.11. The molecule has 0 fully saturated rings. The van der Waals surface area contributed by atoms with Gasteiger partial charge in [-0.1, -0.05) is 13.8 Å². The van der Waals surface area contributed by atoms with Crippen LogP contribution in [0.2, 0.25) is 0 Å². The third-order valence-electron chi connectivity index (χ3n) is 3.00. The van der Waals surface area contributed by atoms with Crippen molar-refractivity contribution in [2.45, 2.75) is 31.7 Å². The molecule has 19 heavy (non-hydrogen) atoms. The summed E-state index contributed by atoms with van der Waals surface area (Å²) in [6.07, 6.45) is 0. The molecule has 0 spiro atoms. The van der Waals surface area contributed by atoms with Gasteiger partial charge in [0.05, 0.1) is 5.56 Å². The topological polar surface area (TPSA) is 32.3 Å². The SMILES string of the molecule is CCN(CC)CC(C)NC(=O)c1cc(S)ccc1Br. The van der Waals surface area contributed by atoms with Crippen molar-refractivity contribution in [1.82, 2.24) is 10.2 Å². The van der Waals surface area contributed by atoms with Crippen LogP contribution in [0.15, 0.2) is 27.6 Å². The van der Waals surface area contributed by atoms with Crippen LogP contribution in [-0.2, 0) is 0 Å². The lowest BCUT2D eigenvalue weighted by atomic mass is 10.2. The molecule has 1 unspecified atom stereocenters. The lowest BCUT2D eigenvalue weighted by molar-refractivity contribution is 0.0929. The highest BCUT2D eigenvalue weighted by Crippen LogP contribution is 2.20. The summed E-state index contributed by atoms with van der Waals surface area (Å²) < 4.78 is 0.790. The van der Waals surface area contributed by atoms with Gasteiger partial charge in [0.1, 0.15) is 0 Å². The molecule has 0 heterocycles. The van der Waals surface area contributed by atoms with E-state index in [1.165, 1.54) is 0 Å². The summed E-state index contributed by atoms with van der Waals surface area (Å²) in [7, 11) is 0. The molecule has 1 amide bonds. The molecule has 1 aromatic carbocycles. The van der Waals surface area contributed by atoms with E-state index in [0.29, 0.717) is 5.56 Å². The minimum absolute atomic E-state index is 0.0672. The van der Waals surface area contributed by atoms with Crippen molar-refractivity contribution < 1.29 is 4.79 Å². The molecule has 0 saturated heterocycles. The highest BCUT2D eigenvalue weighted by molar-refractivity contribution is 9.10. The summed E-state index contributed by atoms with van der Waals surface area (Å²) in [5.41, 5.74) is 0.624. The second-order valence-corrected chi connectivity index (χ2v) is 5.90. The first kappa shape index (κ1) is 16.5. The zero-order valence-electron chi connectivity index (χ0n) is 11.6. The van der Waals surface area contributed by atoms with Crippen LogP contribution in [-0.4, -0.2) is 36.5 Å². The van der Waals surface area contributed by atoms with Crippen molar-refractivity contribution in [3.8, 4) is 0 Å². The van der Waals surface area contributed by atoms with Crippen LogP contribution in [0.1, 0.15) is 31.1 Å². The van der Waals surface area contributed by atoms with Gasteiger partial charge in [0.2, 0.25) is 0 Å². The molecular formula is C14H21BrN2OS. The standard InChI is InChI=1S/C14H21BrN2OS/c1-4-17(5-2)9-10(3)16-14(18)12-8-11(19)6-7-13(12)15/h6-8,10,19H,4-5,9H2,1-3H3,(H,16,18). The normalized spacial score (nSPS) is 12.5. The van der Waals surface area contributed by atoms with E-state index in [2.05, 4.69) is 52.6 Å². The number of nitrogens with zero attached hydrogens (tertiary/aromatic N) is 1. The second-order valence-electron chi connectivity index (χ2n) is 4.52. The molecule has 0 saturated carbocycles. The van der Waals surface area contributed by atoms with Crippen molar-refractivity contribution in [1.29, 1.82) is 0 Å². The highest BCUT2D eigenvalue weighted by Gasteiger charge is 2.14. The Kier molecular flexibility index (Phi) is 6.89. The van der Waals surface area contributed by atoms with E-state index < -0.39 is 0 Å². The molecule has 1 aromatic rings.